The standard InChI is InChI=1S/C18H26N2O2/c1-14(15-6-3-2-4-7-15)20-10-9-16(13-20)19-18(21)12-17-8-5-11-22-17/h2-4,6-7,14,16-17H,5,8-13H2,1H3,(H,19,21). The fraction of sp³-hybridized carbons (Fsp3) is 0.611. The third-order valence-corrected chi connectivity index (χ3v) is 4.85. The van der Waals surface area contributed by atoms with Crippen molar-refractivity contribution in [3.05, 3.63) is 35.9 Å². The summed E-state index contributed by atoms with van der Waals surface area (Å²) < 4.78 is 5.53. The van der Waals surface area contributed by atoms with Gasteiger partial charge in [0, 0.05) is 31.8 Å². The van der Waals surface area contributed by atoms with Gasteiger partial charge in [0.1, 0.15) is 0 Å². The van der Waals surface area contributed by atoms with E-state index in [1.807, 2.05) is 6.07 Å². The molecule has 2 aliphatic heterocycles. The Morgan fingerprint density at radius 3 is 2.91 bits per heavy atom. The zero-order valence-electron chi connectivity index (χ0n) is 13.3. The number of amides is 1. The van der Waals surface area contributed by atoms with E-state index in [0.29, 0.717) is 12.5 Å². The lowest BCUT2D eigenvalue weighted by molar-refractivity contribution is -0.123. The van der Waals surface area contributed by atoms with Crippen LogP contribution < -0.4 is 5.32 Å². The summed E-state index contributed by atoms with van der Waals surface area (Å²) in [6.45, 7) is 5.03. The molecule has 4 nitrogen and oxygen atoms in total. The zero-order chi connectivity index (χ0) is 15.4. The molecule has 2 aliphatic rings. The molecule has 1 amide bonds. The Bertz CT molecular complexity index is 485. The molecule has 2 saturated heterocycles. The van der Waals surface area contributed by atoms with Gasteiger partial charge in [-0.05, 0) is 31.7 Å². The lowest BCUT2D eigenvalue weighted by Gasteiger charge is -2.25. The van der Waals surface area contributed by atoms with Crippen LogP contribution in [0.1, 0.15) is 44.2 Å². The number of rotatable bonds is 5. The van der Waals surface area contributed by atoms with E-state index >= 15 is 0 Å². The van der Waals surface area contributed by atoms with Gasteiger partial charge in [0.05, 0.1) is 12.5 Å². The minimum atomic E-state index is 0.140. The number of nitrogens with zero attached hydrogens (tertiary/aromatic N) is 1. The van der Waals surface area contributed by atoms with Crippen LogP contribution in [-0.2, 0) is 9.53 Å². The minimum Gasteiger partial charge on any atom is -0.378 e. The van der Waals surface area contributed by atoms with E-state index in [2.05, 4.69) is 41.4 Å². The van der Waals surface area contributed by atoms with E-state index < -0.39 is 0 Å². The van der Waals surface area contributed by atoms with Crippen molar-refractivity contribution in [1.82, 2.24) is 10.2 Å². The minimum absolute atomic E-state index is 0.140. The summed E-state index contributed by atoms with van der Waals surface area (Å²) >= 11 is 0. The molecule has 1 aromatic rings. The smallest absolute Gasteiger partial charge is 0.222 e. The Labute approximate surface area is 132 Å². The maximum atomic E-state index is 12.1. The molecule has 0 spiro atoms. The molecular weight excluding hydrogens is 276 g/mol. The predicted molar refractivity (Wildman–Crippen MR) is 86.6 cm³/mol. The first-order valence-electron chi connectivity index (χ1n) is 8.42. The van der Waals surface area contributed by atoms with Crippen molar-refractivity contribution < 1.29 is 9.53 Å². The van der Waals surface area contributed by atoms with E-state index in [1.54, 1.807) is 0 Å². The van der Waals surface area contributed by atoms with Crippen molar-refractivity contribution in [1.29, 1.82) is 0 Å². The van der Waals surface area contributed by atoms with Gasteiger partial charge in [0.15, 0.2) is 0 Å². The molecule has 22 heavy (non-hydrogen) atoms. The van der Waals surface area contributed by atoms with Crippen LogP contribution >= 0.6 is 0 Å². The van der Waals surface area contributed by atoms with Gasteiger partial charge in [-0.1, -0.05) is 30.3 Å². The van der Waals surface area contributed by atoms with Gasteiger partial charge in [-0.15, -0.1) is 0 Å². The first-order chi connectivity index (χ1) is 10.7. The third kappa shape index (κ3) is 3.87. The maximum Gasteiger partial charge on any atom is 0.222 e. The molecule has 3 unspecified atom stereocenters. The molecule has 0 saturated carbocycles. The number of hydrogen-bond donors (Lipinski definition) is 1. The Morgan fingerprint density at radius 2 is 2.18 bits per heavy atom. The Balaban J connectivity index is 1.46. The van der Waals surface area contributed by atoms with Crippen molar-refractivity contribution in [3.63, 3.8) is 0 Å². The van der Waals surface area contributed by atoms with E-state index in [0.717, 1.165) is 39.0 Å². The van der Waals surface area contributed by atoms with E-state index in [4.69, 9.17) is 4.74 Å². The Kier molecular flexibility index (Phi) is 5.11. The summed E-state index contributed by atoms with van der Waals surface area (Å²) in [7, 11) is 0. The third-order valence-electron chi connectivity index (χ3n) is 4.85. The molecule has 3 rings (SSSR count). The topological polar surface area (TPSA) is 41.6 Å². The molecule has 1 aromatic carbocycles. The van der Waals surface area contributed by atoms with Crippen molar-refractivity contribution in [3.8, 4) is 0 Å². The first kappa shape index (κ1) is 15.5. The number of nitrogens with one attached hydrogen (secondary N) is 1. The zero-order valence-corrected chi connectivity index (χ0v) is 13.3. The van der Waals surface area contributed by atoms with Crippen LogP contribution in [0.5, 0.6) is 0 Å². The van der Waals surface area contributed by atoms with Crippen molar-refractivity contribution in [2.45, 2.75) is 50.8 Å². The number of ether oxygens (including phenoxy) is 1. The average molecular weight is 302 g/mol. The second-order valence-corrected chi connectivity index (χ2v) is 6.47. The number of carbonyl (C=O) groups excluding carboxylic acids is 1. The van der Waals surface area contributed by atoms with Gasteiger partial charge in [-0.3, -0.25) is 9.69 Å². The molecule has 0 bridgehead atoms. The molecule has 1 N–H and O–H groups in total. The highest BCUT2D eigenvalue weighted by molar-refractivity contribution is 5.76. The van der Waals surface area contributed by atoms with Crippen molar-refractivity contribution >= 4 is 5.91 Å². The summed E-state index contributed by atoms with van der Waals surface area (Å²) in [5.74, 6) is 0.145. The fourth-order valence-corrected chi connectivity index (χ4v) is 3.50. The summed E-state index contributed by atoms with van der Waals surface area (Å²) in [5, 5.41) is 3.18. The van der Waals surface area contributed by atoms with E-state index in [9.17, 15) is 4.79 Å². The number of benzene rings is 1. The van der Waals surface area contributed by atoms with Gasteiger partial charge in [0.25, 0.3) is 0 Å². The van der Waals surface area contributed by atoms with Gasteiger partial charge in [-0.25, -0.2) is 0 Å². The number of hydrogen-bond acceptors (Lipinski definition) is 3. The van der Waals surface area contributed by atoms with Crippen LogP contribution in [0.2, 0.25) is 0 Å². The quantitative estimate of drug-likeness (QED) is 0.908. The highest BCUT2D eigenvalue weighted by Crippen LogP contribution is 2.24. The van der Waals surface area contributed by atoms with Crippen LogP contribution in [0.15, 0.2) is 30.3 Å². The van der Waals surface area contributed by atoms with Gasteiger partial charge >= 0.3 is 0 Å². The second-order valence-electron chi connectivity index (χ2n) is 6.47. The summed E-state index contributed by atoms with van der Waals surface area (Å²) in [6, 6.07) is 11.3. The predicted octanol–water partition coefficient (Wildman–Crippen LogP) is 2.51. The fourth-order valence-electron chi connectivity index (χ4n) is 3.50. The van der Waals surface area contributed by atoms with Crippen LogP contribution in [0.25, 0.3) is 0 Å². The summed E-state index contributed by atoms with van der Waals surface area (Å²) in [4.78, 5) is 14.5. The maximum absolute atomic E-state index is 12.1. The first-order valence-corrected chi connectivity index (χ1v) is 8.42. The Hall–Kier alpha value is -1.39. The monoisotopic (exact) mass is 302 g/mol. The summed E-state index contributed by atoms with van der Waals surface area (Å²) in [5.41, 5.74) is 1.34. The molecular formula is C18H26N2O2. The van der Waals surface area contributed by atoms with Gasteiger partial charge in [-0.2, -0.15) is 0 Å². The highest BCUT2D eigenvalue weighted by atomic mass is 16.5. The Morgan fingerprint density at radius 1 is 1.36 bits per heavy atom. The van der Waals surface area contributed by atoms with Crippen LogP contribution in [-0.4, -0.2) is 42.6 Å². The van der Waals surface area contributed by atoms with Gasteiger partial charge in [0.2, 0.25) is 5.91 Å². The molecule has 2 fully saturated rings. The second kappa shape index (κ2) is 7.25. The van der Waals surface area contributed by atoms with Gasteiger partial charge < -0.3 is 10.1 Å². The summed E-state index contributed by atoms with van der Waals surface area (Å²) in [6.07, 6.45) is 3.80. The SMILES string of the molecule is CC(c1ccccc1)N1CCC(NC(=O)CC2CCCO2)C1. The lowest BCUT2D eigenvalue weighted by Crippen LogP contribution is -2.38. The number of carbonyl (C=O) groups is 1. The normalized spacial score (nSPS) is 27.0. The lowest BCUT2D eigenvalue weighted by atomic mass is 10.1. The van der Waals surface area contributed by atoms with Crippen LogP contribution in [0.4, 0.5) is 0 Å². The molecule has 4 heteroatoms. The van der Waals surface area contributed by atoms with Crippen LogP contribution in [0, 0.1) is 0 Å². The molecule has 3 atom stereocenters. The molecule has 0 radical (unpaired) electrons. The molecule has 120 valence electrons. The highest BCUT2D eigenvalue weighted by Gasteiger charge is 2.28. The van der Waals surface area contributed by atoms with E-state index in [-0.39, 0.29) is 18.1 Å². The molecule has 0 aromatic heterocycles. The largest absolute Gasteiger partial charge is 0.378 e. The average Bonchev–Trinajstić information content (AvgIpc) is 3.19. The molecule has 2 heterocycles. The molecule has 0 aliphatic carbocycles. The van der Waals surface area contributed by atoms with Crippen molar-refractivity contribution in [2.75, 3.05) is 19.7 Å². The number of likely N-dealkylation sites (tertiary alicyclic amines) is 1. The van der Waals surface area contributed by atoms with E-state index in [1.165, 1.54) is 5.56 Å². The van der Waals surface area contributed by atoms with Crippen molar-refractivity contribution in [2.24, 2.45) is 0 Å². The van der Waals surface area contributed by atoms with Crippen LogP contribution in [0.3, 0.4) is 0 Å².